The molecule has 0 aromatic rings. The maximum atomic E-state index is 11.7. The van der Waals surface area contributed by atoms with Crippen molar-refractivity contribution in [3.05, 3.63) is 45.7 Å². The molecule has 0 spiro atoms. The van der Waals surface area contributed by atoms with Crippen molar-refractivity contribution in [1.29, 1.82) is 0 Å². The van der Waals surface area contributed by atoms with Crippen LogP contribution in [0.25, 0.3) is 0 Å². The molecule has 1 atom stereocenters. The molecule has 86 valence electrons. The van der Waals surface area contributed by atoms with Crippen LogP contribution in [0, 0.1) is 10.1 Å². The van der Waals surface area contributed by atoms with Crippen LogP contribution < -0.4 is 0 Å². The van der Waals surface area contributed by atoms with E-state index >= 15 is 0 Å². The van der Waals surface area contributed by atoms with Gasteiger partial charge in [0.2, 0.25) is 5.78 Å². The van der Waals surface area contributed by atoms with Crippen LogP contribution in [-0.2, 0) is 9.59 Å². The quantitative estimate of drug-likeness (QED) is 0.414. The number of nitro groups is 1. The number of carbonyl (C=O) groups is 2. The van der Waals surface area contributed by atoms with E-state index in [1.54, 1.807) is 0 Å². The van der Waals surface area contributed by atoms with Gasteiger partial charge in [-0.1, -0.05) is 0 Å². The van der Waals surface area contributed by atoms with E-state index in [1.807, 2.05) is 0 Å². The summed E-state index contributed by atoms with van der Waals surface area (Å²) in [6.45, 7) is 0. The van der Waals surface area contributed by atoms with Gasteiger partial charge in [-0.25, -0.2) is 4.79 Å². The van der Waals surface area contributed by atoms with Crippen LogP contribution in [0.3, 0.4) is 0 Å². The van der Waals surface area contributed by atoms with Crippen molar-refractivity contribution < 1.29 is 19.6 Å². The van der Waals surface area contributed by atoms with E-state index in [9.17, 15) is 19.7 Å². The zero-order valence-electron chi connectivity index (χ0n) is 8.36. The number of allylic oxidation sites excluding steroid dienone is 2. The number of carboxylic acid groups (broad SMARTS) is 1. The van der Waals surface area contributed by atoms with Gasteiger partial charge < -0.3 is 5.11 Å². The van der Waals surface area contributed by atoms with Crippen molar-refractivity contribution in [3.8, 4) is 0 Å². The highest BCUT2D eigenvalue weighted by molar-refractivity contribution is 6.38. The minimum Gasteiger partial charge on any atom is -0.477 e. The normalized spacial score (nSPS) is 22.2. The lowest BCUT2D eigenvalue weighted by molar-refractivity contribution is -0.496. The van der Waals surface area contributed by atoms with E-state index in [0.717, 1.165) is 12.3 Å². The van der Waals surface area contributed by atoms with Gasteiger partial charge >= 0.3 is 5.97 Å². The lowest BCUT2D eigenvalue weighted by atomic mass is 9.92. The Labute approximate surface area is 94.6 Å². The van der Waals surface area contributed by atoms with Gasteiger partial charge in [0.05, 0.1) is 11.3 Å². The molecule has 1 unspecified atom stereocenters. The highest BCUT2D eigenvalue weighted by atomic mass is 16.6. The fourth-order valence-corrected chi connectivity index (χ4v) is 1.52. The Morgan fingerprint density at radius 3 is 2.82 bits per heavy atom. The number of ketones is 1. The molecule has 1 heterocycles. The number of Topliss-reactive ketones (excluding diaryl/α,β-unsaturated/α-hetero) is 1. The van der Waals surface area contributed by atoms with Gasteiger partial charge in [-0.2, -0.15) is 0 Å². The van der Waals surface area contributed by atoms with Crippen molar-refractivity contribution in [2.45, 2.75) is 6.04 Å². The van der Waals surface area contributed by atoms with E-state index < -0.39 is 28.3 Å². The Bertz CT molecular complexity index is 553. The Kier molecular flexibility index (Phi) is 2.43. The van der Waals surface area contributed by atoms with Crippen molar-refractivity contribution in [2.75, 3.05) is 0 Å². The van der Waals surface area contributed by atoms with Crippen molar-refractivity contribution in [1.82, 2.24) is 0 Å². The maximum Gasteiger partial charge on any atom is 0.341 e. The predicted octanol–water partition coefficient (Wildman–Crippen LogP) is 0.120. The van der Waals surface area contributed by atoms with E-state index in [2.05, 4.69) is 4.99 Å². The van der Waals surface area contributed by atoms with Crippen LogP contribution in [0.4, 0.5) is 0 Å². The fourth-order valence-electron chi connectivity index (χ4n) is 1.52. The van der Waals surface area contributed by atoms with Crippen molar-refractivity contribution in [2.24, 2.45) is 4.99 Å². The van der Waals surface area contributed by atoms with Crippen LogP contribution in [0.2, 0.25) is 0 Å². The minimum atomic E-state index is -1.40. The van der Waals surface area contributed by atoms with Gasteiger partial charge in [0, 0.05) is 17.2 Å². The third kappa shape index (κ3) is 1.78. The molecular formula is C10H6N2O5. The molecule has 1 aliphatic carbocycles. The molecule has 17 heavy (non-hydrogen) atoms. The molecular weight excluding hydrogens is 228 g/mol. The highest BCUT2D eigenvalue weighted by Gasteiger charge is 2.31. The standard InChI is InChI=1S/C10H6N2O5/c13-9-6-3-5(12(16)17)1-2-8(6)11-4-7(9)10(14)15/h1-5H,(H,14,15). The van der Waals surface area contributed by atoms with E-state index in [-0.39, 0.29) is 11.3 Å². The zero-order chi connectivity index (χ0) is 12.6. The lowest BCUT2D eigenvalue weighted by Crippen LogP contribution is -2.27. The monoisotopic (exact) mass is 234 g/mol. The number of rotatable bonds is 2. The Morgan fingerprint density at radius 2 is 2.24 bits per heavy atom. The summed E-state index contributed by atoms with van der Waals surface area (Å²) in [6.07, 6.45) is 4.69. The third-order valence-electron chi connectivity index (χ3n) is 2.36. The molecule has 0 fully saturated rings. The Balaban J connectivity index is 2.45. The van der Waals surface area contributed by atoms with Gasteiger partial charge in [-0.3, -0.25) is 19.9 Å². The molecule has 2 rings (SSSR count). The van der Waals surface area contributed by atoms with Gasteiger partial charge in [-0.05, 0) is 12.2 Å². The first kappa shape index (κ1) is 10.9. The smallest absolute Gasteiger partial charge is 0.341 e. The van der Waals surface area contributed by atoms with Crippen molar-refractivity contribution >= 4 is 17.5 Å². The summed E-state index contributed by atoms with van der Waals surface area (Å²) in [5.41, 5.74) is -0.274. The van der Waals surface area contributed by atoms with E-state index in [4.69, 9.17) is 5.11 Å². The summed E-state index contributed by atoms with van der Waals surface area (Å²) < 4.78 is 0. The Morgan fingerprint density at radius 1 is 1.53 bits per heavy atom. The number of aliphatic imine (C=N–C) groups is 1. The first-order valence-electron chi connectivity index (χ1n) is 4.60. The summed E-state index contributed by atoms with van der Waals surface area (Å²) in [7, 11) is 0. The Hall–Kier alpha value is -2.57. The average molecular weight is 234 g/mol. The van der Waals surface area contributed by atoms with Crippen LogP contribution in [0.5, 0.6) is 0 Å². The third-order valence-corrected chi connectivity index (χ3v) is 2.36. The predicted molar refractivity (Wildman–Crippen MR) is 56.2 cm³/mol. The molecule has 1 N–H and O–H groups in total. The topological polar surface area (TPSA) is 110 Å². The molecule has 2 aliphatic rings. The molecule has 0 aromatic carbocycles. The number of carbonyl (C=O) groups excluding carboxylic acids is 1. The largest absolute Gasteiger partial charge is 0.477 e. The highest BCUT2D eigenvalue weighted by Crippen LogP contribution is 2.20. The second kappa shape index (κ2) is 3.78. The number of nitrogens with zero attached hydrogens (tertiary/aromatic N) is 2. The number of aliphatic carboxylic acids is 1. The van der Waals surface area contributed by atoms with Crippen LogP contribution in [-0.4, -0.2) is 33.5 Å². The van der Waals surface area contributed by atoms with Gasteiger partial charge in [-0.15, -0.1) is 0 Å². The summed E-state index contributed by atoms with van der Waals surface area (Å²) in [5.74, 6) is -2.15. The van der Waals surface area contributed by atoms with Crippen LogP contribution in [0.1, 0.15) is 0 Å². The first-order valence-corrected chi connectivity index (χ1v) is 4.60. The molecule has 0 aromatic heterocycles. The summed E-state index contributed by atoms with van der Waals surface area (Å²) in [6, 6.07) is -1.12. The van der Waals surface area contributed by atoms with Crippen molar-refractivity contribution in [3.63, 3.8) is 0 Å². The van der Waals surface area contributed by atoms with Crippen LogP contribution >= 0.6 is 0 Å². The second-order valence-electron chi connectivity index (χ2n) is 3.41. The lowest BCUT2D eigenvalue weighted by Gasteiger charge is -2.15. The molecule has 0 saturated heterocycles. The molecule has 1 aliphatic heterocycles. The summed E-state index contributed by atoms with van der Waals surface area (Å²) in [4.78, 5) is 36.2. The molecule has 0 saturated carbocycles. The van der Waals surface area contributed by atoms with Gasteiger partial charge in [0.25, 0.3) is 6.04 Å². The molecule has 0 radical (unpaired) electrons. The number of fused-ring (bicyclic) bond motifs is 1. The second-order valence-corrected chi connectivity index (χ2v) is 3.41. The number of hydrogen-bond acceptors (Lipinski definition) is 5. The molecule has 7 nitrogen and oxygen atoms in total. The molecule has 0 bridgehead atoms. The van der Waals surface area contributed by atoms with Crippen LogP contribution in [0.15, 0.2) is 40.6 Å². The minimum absolute atomic E-state index is 0.0332. The molecule has 0 amide bonds. The fraction of sp³-hybridized carbons (Fsp3) is 0.100. The first-order chi connectivity index (χ1) is 8.00. The maximum absolute atomic E-state index is 11.7. The number of carboxylic acids is 1. The summed E-state index contributed by atoms with van der Waals surface area (Å²) >= 11 is 0. The van der Waals surface area contributed by atoms with E-state index in [1.165, 1.54) is 12.2 Å². The average Bonchev–Trinajstić information content (AvgIpc) is 2.28. The van der Waals surface area contributed by atoms with Gasteiger partial charge in [0.15, 0.2) is 0 Å². The van der Waals surface area contributed by atoms with Gasteiger partial charge in [0.1, 0.15) is 5.57 Å². The zero-order valence-corrected chi connectivity index (χ0v) is 8.36. The SMILES string of the molecule is O=C(O)C1=CN=C2C=CC([N+](=O)[O-])C=C2C1=O. The van der Waals surface area contributed by atoms with E-state index in [0.29, 0.717) is 0 Å². The number of hydrogen-bond donors (Lipinski definition) is 1. The molecule has 7 heteroatoms. The summed E-state index contributed by atoms with van der Waals surface area (Å²) in [5, 5.41) is 19.3.